The zero-order valence-corrected chi connectivity index (χ0v) is 12.3. The Hall–Kier alpha value is -1.22. The van der Waals surface area contributed by atoms with Crippen LogP contribution in [0, 0.1) is 0 Å². The van der Waals surface area contributed by atoms with Crippen LogP contribution in [0.4, 0.5) is 0 Å². The summed E-state index contributed by atoms with van der Waals surface area (Å²) in [5.41, 5.74) is 1.16. The van der Waals surface area contributed by atoms with Crippen LogP contribution in [-0.4, -0.2) is 63.6 Å². The molecule has 0 radical (unpaired) electrons. The van der Waals surface area contributed by atoms with E-state index in [0.717, 1.165) is 5.56 Å². The zero-order valence-electron chi connectivity index (χ0n) is 11.6. The second-order valence-corrected chi connectivity index (χ2v) is 5.33. The van der Waals surface area contributed by atoms with Crippen LogP contribution in [0.2, 0.25) is 0 Å². The second kappa shape index (κ2) is 7.36. The van der Waals surface area contributed by atoms with Gasteiger partial charge in [-0.1, -0.05) is 12.1 Å². The van der Waals surface area contributed by atoms with E-state index in [4.69, 9.17) is 21.4 Å². The predicted octanol–water partition coefficient (Wildman–Crippen LogP) is -1.04. The molecular formula is C14H18ClNO6. The molecule has 0 aromatic heterocycles. The number of aliphatic hydroxyl groups excluding tert-OH is 4. The van der Waals surface area contributed by atoms with E-state index in [2.05, 4.69) is 5.32 Å². The molecule has 0 aliphatic carbocycles. The molecule has 1 heterocycles. The molecule has 1 unspecified atom stereocenters. The average Bonchev–Trinajstić information content (AvgIpc) is 2.54. The summed E-state index contributed by atoms with van der Waals surface area (Å²) in [7, 11) is 0. The number of amides is 1. The minimum Gasteiger partial charge on any atom is -0.394 e. The van der Waals surface area contributed by atoms with Crippen molar-refractivity contribution in [3.05, 3.63) is 35.4 Å². The highest BCUT2D eigenvalue weighted by Gasteiger charge is 2.44. The van der Waals surface area contributed by atoms with Crippen molar-refractivity contribution in [3.63, 3.8) is 0 Å². The molecule has 122 valence electrons. The molecule has 0 spiro atoms. The van der Waals surface area contributed by atoms with Gasteiger partial charge in [0.1, 0.15) is 24.4 Å². The van der Waals surface area contributed by atoms with Crippen molar-refractivity contribution in [2.24, 2.45) is 0 Å². The van der Waals surface area contributed by atoms with Crippen LogP contribution in [0.25, 0.3) is 0 Å². The Labute approximate surface area is 132 Å². The van der Waals surface area contributed by atoms with Gasteiger partial charge in [0.25, 0.3) is 5.91 Å². The number of hydrogen-bond donors (Lipinski definition) is 5. The molecule has 1 aromatic rings. The lowest BCUT2D eigenvalue weighted by Gasteiger charge is -2.40. The Morgan fingerprint density at radius 2 is 1.82 bits per heavy atom. The van der Waals surface area contributed by atoms with Crippen molar-refractivity contribution >= 4 is 17.5 Å². The molecule has 22 heavy (non-hydrogen) atoms. The minimum absolute atomic E-state index is 0.312. The van der Waals surface area contributed by atoms with E-state index in [9.17, 15) is 20.1 Å². The van der Waals surface area contributed by atoms with E-state index in [-0.39, 0.29) is 0 Å². The smallest absolute Gasteiger partial charge is 0.251 e. The summed E-state index contributed by atoms with van der Waals surface area (Å²) in [5, 5.41) is 40.9. The number of carbonyl (C=O) groups excluding carboxylic acids is 1. The average molecular weight is 332 g/mol. The van der Waals surface area contributed by atoms with Crippen molar-refractivity contribution < 1.29 is 30.0 Å². The number of halogens is 1. The quantitative estimate of drug-likeness (QED) is 0.449. The summed E-state index contributed by atoms with van der Waals surface area (Å²) in [6, 6.07) is 5.27. The number of nitrogens with one attached hydrogen (secondary N) is 1. The zero-order chi connectivity index (χ0) is 16.3. The molecule has 1 fully saturated rings. The van der Waals surface area contributed by atoms with Crippen molar-refractivity contribution in [1.29, 1.82) is 0 Å². The lowest BCUT2D eigenvalue weighted by Crippen LogP contribution is -2.64. The summed E-state index contributed by atoms with van der Waals surface area (Å²) < 4.78 is 4.97. The Kier molecular flexibility index (Phi) is 5.74. The van der Waals surface area contributed by atoms with E-state index >= 15 is 0 Å². The first-order valence-electron chi connectivity index (χ1n) is 6.74. The number of rotatable bonds is 4. The first-order valence-corrected chi connectivity index (χ1v) is 7.27. The normalized spacial score (nSPS) is 31.8. The fourth-order valence-electron chi connectivity index (χ4n) is 2.23. The predicted molar refractivity (Wildman–Crippen MR) is 77.2 cm³/mol. The number of ether oxygens (including phenoxy) is 1. The van der Waals surface area contributed by atoms with Gasteiger partial charge in [-0.25, -0.2) is 0 Å². The maximum Gasteiger partial charge on any atom is 0.251 e. The molecule has 1 saturated heterocycles. The summed E-state index contributed by atoms with van der Waals surface area (Å²) in [5.74, 6) is -0.215. The molecule has 5 N–H and O–H groups in total. The van der Waals surface area contributed by atoms with Crippen LogP contribution in [-0.2, 0) is 10.6 Å². The molecule has 7 nitrogen and oxygen atoms in total. The first kappa shape index (κ1) is 17.1. The molecule has 8 heteroatoms. The molecular weight excluding hydrogens is 314 g/mol. The van der Waals surface area contributed by atoms with Gasteiger partial charge in [-0.05, 0) is 17.7 Å². The van der Waals surface area contributed by atoms with Gasteiger partial charge in [0, 0.05) is 11.4 Å². The van der Waals surface area contributed by atoms with Crippen molar-refractivity contribution in [2.45, 2.75) is 36.5 Å². The number of benzene rings is 1. The molecule has 1 aliphatic heterocycles. The lowest BCUT2D eigenvalue weighted by molar-refractivity contribution is -0.252. The van der Waals surface area contributed by atoms with Gasteiger partial charge in [0.15, 0.2) is 6.29 Å². The highest BCUT2D eigenvalue weighted by atomic mass is 35.5. The first-order chi connectivity index (χ1) is 10.5. The molecule has 1 aromatic carbocycles. The fraction of sp³-hybridized carbons (Fsp3) is 0.500. The van der Waals surface area contributed by atoms with Crippen molar-refractivity contribution in [1.82, 2.24) is 5.32 Å². The van der Waals surface area contributed by atoms with Gasteiger partial charge in [0.2, 0.25) is 0 Å². The van der Waals surface area contributed by atoms with E-state index in [0.29, 0.717) is 11.4 Å². The monoisotopic (exact) mass is 331 g/mol. The Balaban J connectivity index is 2.06. The summed E-state index contributed by atoms with van der Waals surface area (Å²) >= 11 is 5.66. The van der Waals surface area contributed by atoms with Gasteiger partial charge in [0.05, 0.1) is 6.61 Å². The highest BCUT2D eigenvalue weighted by molar-refractivity contribution is 6.17. The van der Waals surface area contributed by atoms with Gasteiger partial charge in [-0.2, -0.15) is 0 Å². The third-order valence-corrected chi connectivity index (χ3v) is 3.88. The standard InChI is InChI=1S/C14H18ClNO6/c15-5-7-1-3-8(4-2-7)13(20)16-10-12(19)11(18)9(6-17)22-14(10)21/h1-4,9-12,14,17-19,21H,5-6H2,(H,16,20)/t9-,10-,11+,12-,14?/m1/s1. The van der Waals surface area contributed by atoms with E-state index in [1.165, 1.54) is 0 Å². The summed E-state index contributed by atoms with van der Waals surface area (Å²) in [6.07, 6.45) is -5.54. The third-order valence-electron chi connectivity index (χ3n) is 3.57. The molecule has 5 atom stereocenters. The Morgan fingerprint density at radius 3 is 2.36 bits per heavy atom. The van der Waals surface area contributed by atoms with Crippen LogP contribution in [0.5, 0.6) is 0 Å². The molecule has 0 bridgehead atoms. The maximum absolute atomic E-state index is 12.1. The number of hydrogen-bond acceptors (Lipinski definition) is 6. The van der Waals surface area contributed by atoms with Crippen LogP contribution in [0.1, 0.15) is 15.9 Å². The largest absolute Gasteiger partial charge is 0.394 e. The molecule has 2 rings (SSSR count). The third kappa shape index (κ3) is 3.57. The number of carbonyl (C=O) groups is 1. The highest BCUT2D eigenvalue weighted by Crippen LogP contribution is 2.20. The van der Waals surface area contributed by atoms with Crippen LogP contribution in [0.15, 0.2) is 24.3 Å². The van der Waals surface area contributed by atoms with E-state index < -0.39 is 43.2 Å². The molecule has 1 amide bonds. The Morgan fingerprint density at radius 1 is 1.18 bits per heavy atom. The van der Waals surface area contributed by atoms with Crippen LogP contribution < -0.4 is 5.32 Å². The van der Waals surface area contributed by atoms with Gasteiger partial charge in [-0.3, -0.25) is 4.79 Å². The van der Waals surface area contributed by atoms with Crippen molar-refractivity contribution in [2.75, 3.05) is 6.61 Å². The number of aliphatic hydroxyl groups is 4. The van der Waals surface area contributed by atoms with Gasteiger partial charge in [-0.15, -0.1) is 11.6 Å². The maximum atomic E-state index is 12.1. The van der Waals surface area contributed by atoms with Gasteiger partial charge >= 0.3 is 0 Å². The minimum atomic E-state index is -1.54. The van der Waals surface area contributed by atoms with E-state index in [1.807, 2.05) is 0 Å². The summed E-state index contributed by atoms with van der Waals surface area (Å²) in [4.78, 5) is 12.1. The van der Waals surface area contributed by atoms with Gasteiger partial charge < -0.3 is 30.5 Å². The van der Waals surface area contributed by atoms with Crippen LogP contribution in [0.3, 0.4) is 0 Å². The SMILES string of the molecule is O=C(N[C@H]1C(O)O[C@H](CO)[C@H](O)[C@@H]1O)c1ccc(CCl)cc1. The van der Waals surface area contributed by atoms with Crippen molar-refractivity contribution in [3.8, 4) is 0 Å². The molecule has 1 aliphatic rings. The topological polar surface area (TPSA) is 119 Å². The number of alkyl halides is 1. The summed E-state index contributed by atoms with van der Waals surface area (Å²) in [6.45, 7) is -0.560. The molecule has 0 saturated carbocycles. The van der Waals surface area contributed by atoms with E-state index in [1.54, 1.807) is 24.3 Å². The Bertz CT molecular complexity index is 511. The lowest BCUT2D eigenvalue weighted by atomic mass is 9.96. The second-order valence-electron chi connectivity index (χ2n) is 5.06. The van der Waals surface area contributed by atoms with Crippen LogP contribution >= 0.6 is 11.6 Å². The fourth-order valence-corrected chi connectivity index (χ4v) is 2.41.